The van der Waals surface area contributed by atoms with Gasteiger partial charge in [-0.05, 0) is 43.9 Å². The van der Waals surface area contributed by atoms with Crippen LogP contribution in [0.4, 0.5) is 5.69 Å². The Hall–Kier alpha value is -1.55. The average Bonchev–Trinajstić information content (AvgIpc) is 2.39. The molecule has 2 rings (SSSR count). The maximum absolute atomic E-state index is 12.3. The molecule has 1 saturated heterocycles. The predicted octanol–water partition coefficient (Wildman–Crippen LogP) is 1.91. The second-order valence-corrected chi connectivity index (χ2v) is 4.55. The van der Waals surface area contributed by atoms with Gasteiger partial charge in [-0.2, -0.15) is 0 Å². The third-order valence-corrected chi connectivity index (χ3v) is 3.20. The summed E-state index contributed by atoms with van der Waals surface area (Å²) in [5, 5.41) is 0. The molecule has 0 aromatic heterocycles. The van der Waals surface area contributed by atoms with Crippen LogP contribution in [0.5, 0.6) is 0 Å². The summed E-state index contributed by atoms with van der Waals surface area (Å²) in [6.45, 7) is 3.70. The quantitative estimate of drug-likeness (QED) is 0.606. The van der Waals surface area contributed by atoms with E-state index >= 15 is 0 Å². The number of nitrogens with zero attached hydrogens (tertiary/aromatic N) is 1. The fraction of sp³-hybridized carbons (Fsp3) is 0.462. The number of nitrogen functional groups attached to an aromatic ring is 1. The van der Waals surface area contributed by atoms with Gasteiger partial charge in [-0.1, -0.05) is 6.07 Å². The molecule has 0 spiro atoms. The zero-order valence-corrected chi connectivity index (χ0v) is 10.2. The highest BCUT2D eigenvalue weighted by molar-refractivity contribution is 5.99. The summed E-state index contributed by atoms with van der Waals surface area (Å²) in [6, 6.07) is 5.69. The van der Waals surface area contributed by atoms with E-state index in [1.807, 2.05) is 30.0 Å². The maximum Gasteiger partial charge on any atom is 0.256 e. The Morgan fingerprint density at radius 1 is 1.29 bits per heavy atom. The number of nitrogens with two attached hydrogens (primary N) is 1. The Morgan fingerprint density at radius 3 is 2.65 bits per heavy atom. The van der Waals surface area contributed by atoms with E-state index in [1.54, 1.807) is 0 Å². The summed E-state index contributed by atoms with van der Waals surface area (Å²) in [5.41, 5.74) is 5.08. The minimum Gasteiger partial charge on any atom is -0.339 e. The largest absolute Gasteiger partial charge is 0.339 e. The van der Waals surface area contributed by atoms with Gasteiger partial charge in [0.1, 0.15) is 0 Å². The van der Waals surface area contributed by atoms with Crippen LogP contribution in [0.3, 0.4) is 0 Å². The van der Waals surface area contributed by atoms with Gasteiger partial charge in [0, 0.05) is 13.1 Å². The number of amides is 1. The van der Waals surface area contributed by atoms with E-state index in [4.69, 9.17) is 5.84 Å². The molecule has 17 heavy (non-hydrogen) atoms. The van der Waals surface area contributed by atoms with Crippen LogP contribution >= 0.6 is 0 Å². The molecule has 0 atom stereocenters. The molecule has 0 saturated carbocycles. The van der Waals surface area contributed by atoms with Crippen molar-refractivity contribution in [2.45, 2.75) is 26.2 Å². The molecular formula is C13H19N3O. The van der Waals surface area contributed by atoms with E-state index in [0.717, 1.165) is 31.5 Å². The van der Waals surface area contributed by atoms with Crippen LogP contribution in [-0.2, 0) is 0 Å². The second kappa shape index (κ2) is 5.19. The Bertz CT molecular complexity index is 411. The molecule has 92 valence electrons. The Morgan fingerprint density at radius 2 is 2.00 bits per heavy atom. The normalized spacial score (nSPS) is 15.8. The Balaban J connectivity index is 2.23. The first kappa shape index (κ1) is 11.9. The van der Waals surface area contributed by atoms with Crippen molar-refractivity contribution < 1.29 is 4.79 Å². The zero-order valence-electron chi connectivity index (χ0n) is 10.2. The number of likely N-dealkylation sites (tertiary alicyclic amines) is 1. The van der Waals surface area contributed by atoms with E-state index in [2.05, 4.69) is 5.43 Å². The van der Waals surface area contributed by atoms with Crippen molar-refractivity contribution in [3.63, 3.8) is 0 Å². The van der Waals surface area contributed by atoms with Crippen molar-refractivity contribution >= 4 is 11.6 Å². The van der Waals surface area contributed by atoms with Gasteiger partial charge >= 0.3 is 0 Å². The SMILES string of the molecule is Cc1ccc(C(=O)N2CCCCC2)c(NN)c1. The summed E-state index contributed by atoms with van der Waals surface area (Å²) in [5.74, 6) is 5.55. The molecule has 4 heteroatoms. The molecular weight excluding hydrogens is 214 g/mol. The summed E-state index contributed by atoms with van der Waals surface area (Å²) in [7, 11) is 0. The van der Waals surface area contributed by atoms with E-state index in [-0.39, 0.29) is 5.91 Å². The summed E-state index contributed by atoms with van der Waals surface area (Å²) in [4.78, 5) is 14.2. The summed E-state index contributed by atoms with van der Waals surface area (Å²) >= 11 is 0. The van der Waals surface area contributed by atoms with Crippen LogP contribution in [0.2, 0.25) is 0 Å². The zero-order chi connectivity index (χ0) is 12.3. The number of hydrazine groups is 1. The number of carbonyl (C=O) groups is 1. The number of piperidine rings is 1. The lowest BCUT2D eigenvalue weighted by Gasteiger charge is -2.27. The molecule has 0 bridgehead atoms. The molecule has 3 N–H and O–H groups in total. The molecule has 1 aromatic carbocycles. The first-order valence-electron chi connectivity index (χ1n) is 6.09. The average molecular weight is 233 g/mol. The van der Waals surface area contributed by atoms with Crippen molar-refractivity contribution in [3.05, 3.63) is 29.3 Å². The lowest BCUT2D eigenvalue weighted by molar-refractivity contribution is 0.0725. The molecule has 1 fully saturated rings. The second-order valence-electron chi connectivity index (χ2n) is 4.55. The third-order valence-electron chi connectivity index (χ3n) is 3.20. The van der Waals surface area contributed by atoms with Gasteiger partial charge < -0.3 is 10.3 Å². The van der Waals surface area contributed by atoms with Crippen molar-refractivity contribution in [3.8, 4) is 0 Å². The monoisotopic (exact) mass is 233 g/mol. The Kier molecular flexibility index (Phi) is 3.64. The van der Waals surface area contributed by atoms with Gasteiger partial charge in [0.25, 0.3) is 5.91 Å². The van der Waals surface area contributed by atoms with Gasteiger partial charge in [0.2, 0.25) is 0 Å². The fourth-order valence-electron chi connectivity index (χ4n) is 2.23. The van der Waals surface area contributed by atoms with Crippen molar-refractivity contribution in [1.29, 1.82) is 0 Å². The van der Waals surface area contributed by atoms with Crippen molar-refractivity contribution in [2.75, 3.05) is 18.5 Å². The van der Waals surface area contributed by atoms with Crippen LogP contribution in [0, 0.1) is 6.92 Å². The highest BCUT2D eigenvalue weighted by Gasteiger charge is 2.20. The van der Waals surface area contributed by atoms with Gasteiger partial charge in [-0.25, -0.2) is 0 Å². The molecule has 0 radical (unpaired) electrons. The number of aryl methyl sites for hydroxylation is 1. The molecule has 0 aliphatic carbocycles. The highest BCUT2D eigenvalue weighted by Crippen LogP contribution is 2.20. The first-order valence-corrected chi connectivity index (χ1v) is 6.09. The van der Waals surface area contributed by atoms with Crippen molar-refractivity contribution in [1.82, 2.24) is 4.90 Å². The first-order chi connectivity index (χ1) is 8.22. The molecule has 1 amide bonds. The van der Waals surface area contributed by atoms with E-state index in [9.17, 15) is 4.79 Å². The number of nitrogens with one attached hydrogen (secondary N) is 1. The predicted molar refractivity (Wildman–Crippen MR) is 68.7 cm³/mol. The number of benzene rings is 1. The van der Waals surface area contributed by atoms with Gasteiger partial charge in [-0.15, -0.1) is 0 Å². The number of carbonyl (C=O) groups excluding carboxylic acids is 1. The van der Waals surface area contributed by atoms with Crippen LogP contribution in [0.1, 0.15) is 35.2 Å². The fourth-order valence-corrected chi connectivity index (χ4v) is 2.23. The molecule has 1 heterocycles. The van der Waals surface area contributed by atoms with E-state index < -0.39 is 0 Å². The van der Waals surface area contributed by atoms with Crippen LogP contribution in [-0.4, -0.2) is 23.9 Å². The van der Waals surface area contributed by atoms with Crippen molar-refractivity contribution in [2.24, 2.45) is 5.84 Å². The maximum atomic E-state index is 12.3. The Labute approximate surface area is 102 Å². The minimum atomic E-state index is 0.0812. The summed E-state index contributed by atoms with van der Waals surface area (Å²) in [6.07, 6.45) is 3.42. The molecule has 1 aromatic rings. The highest BCUT2D eigenvalue weighted by atomic mass is 16.2. The number of rotatable bonds is 2. The molecule has 1 aliphatic heterocycles. The number of anilines is 1. The lowest BCUT2D eigenvalue weighted by Crippen LogP contribution is -2.36. The van der Waals surface area contributed by atoms with E-state index in [1.165, 1.54) is 6.42 Å². The molecule has 0 unspecified atom stereocenters. The lowest BCUT2D eigenvalue weighted by atomic mass is 10.1. The van der Waals surface area contributed by atoms with Crippen LogP contribution < -0.4 is 11.3 Å². The van der Waals surface area contributed by atoms with Gasteiger partial charge in [-0.3, -0.25) is 10.6 Å². The van der Waals surface area contributed by atoms with E-state index in [0.29, 0.717) is 11.3 Å². The third kappa shape index (κ3) is 2.58. The van der Waals surface area contributed by atoms with Crippen LogP contribution in [0.25, 0.3) is 0 Å². The standard InChI is InChI=1S/C13H19N3O/c1-10-5-6-11(12(9-10)15-14)13(17)16-7-3-2-4-8-16/h5-6,9,15H,2-4,7-8,14H2,1H3. The minimum absolute atomic E-state index is 0.0812. The van der Waals surface area contributed by atoms with Gasteiger partial charge in [0.15, 0.2) is 0 Å². The molecule has 1 aliphatic rings. The number of hydrogen-bond donors (Lipinski definition) is 2. The number of hydrogen-bond acceptors (Lipinski definition) is 3. The van der Waals surface area contributed by atoms with Crippen LogP contribution in [0.15, 0.2) is 18.2 Å². The topological polar surface area (TPSA) is 58.4 Å². The smallest absolute Gasteiger partial charge is 0.256 e. The summed E-state index contributed by atoms with van der Waals surface area (Å²) < 4.78 is 0. The molecule has 4 nitrogen and oxygen atoms in total. The van der Waals surface area contributed by atoms with Gasteiger partial charge in [0.05, 0.1) is 11.3 Å².